The molecular weight excluding hydrogens is 1230 g/mol. The van der Waals surface area contributed by atoms with Gasteiger partial charge in [-0.25, -0.2) is 4.98 Å². The van der Waals surface area contributed by atoms with Crippen LogP contribution in [0.25, 0.3) is 21.5 Å². The summed E-state index contributed by atoms with van der Waals surface area (Å²) in [6.07, 6.45) is 9.92. The number of carbonyl (C=O) groups excluding carboxylic acids is 1. The van der Waals surface area contributed by atoms with Crippen LogP contribution in [-0.4, -0.2) is 303 Å². The molecule has 1 aliphatic rings. The van der Waals surface area contributed by atoms with Crippen molar-refractivity contribution in [3.63, 3.8) is 0 Å². The first-order valence-electron chi connectivity index (χ1n) is 33.6. The third kappa shape index (κ3) is 48.4. The third-order valence-electron chi connectivity index (χ3n) is 13.6. The van der Waals surface area contributed by atoms with Gasteiger partial charge < -0.3 is 115 Å². The lowest BCUT2D eigenvalue weighted by atomic mass is 9.82. The molecule has 2 aromatic heterocycles. The van der Waals surface area contributed by atoms with Gasteiger partial charge in [0.2, 0.25) is 5.91 Å². The topological polar surface area (TPSA) is 341 Å². The third-order valence-corrected chi connectivity index (χ3v) is 13.6. The summed E-state index contributed by atoms with van der Waals surface area (Å²) in [6, 6.07) is 0. The first-order valence-corrected chi connectivity index (χ1v) is 33.6. The van der Waals surface area contributed by atoms with E-state index in [4.69, 9.17) is 116 Å². The van der Waals surface area contributed by atoms with Gasteiger partial charge in [-0.3, -0.25) is 4.79 Å². The van der Waals surface area contributed by atoms with Crippen LogP contribution in [0.3, 0.4) is 0 Å². The monoisotopic (exact) mass is 1350 g/mol. The van der Waals surface area contributed by atoms with Gasteiger partial charge in [-0.05, 0) is 63.3 Å². The first-order chi connectivity index (χ1) is 46.4. The molecule has 0 atom stereocenters. The van der Waals surface area contributed by atoms with Crippen LogP contribution in [0.1, 0.15) is 65.1 Å². The lowest BCUT2D eigenvalue weighted by Gasteiger charge is -2.29. The Labute approximate surface area is 556 Å². The number of azide groups is 1. The van der Waals surface area contributed by atoms with Crippen molar-refractivity contribution in [2.75, 3.05) is 276 Å². The maximum atomic E-state index is 12.5. The van der Waals surface area contributed by atoms with E-state index in [2.05, 4.69) is 37.0 Å². The molecule has 3 rings (SSSR count). The van der Waals surface area contributed by atoms with Gasteiger partial charge in [0.1, 0.15) is 23.5 Å². The molecule has 0 saturated heterocycles. The summed E-state index contributed by atoms with van der Waals surface area (Å²) in [7, 11) is 0. The molecule has 2 heterocycles. The van der Waals surface area contributed by atoms with Crippen LogP contribution in [0, 0.1) is 11.8 Å². The van der Waals surface area contributed by atoms with E-state index in [1.165, 1.54) is 12.3 Å². The summed E-state index contributed by atoms with van der Waals surface area (Å²) in [5.41, 5.74) is 15.9. The highest BCUT2D eigenvalue weighted by Gasteiger charge is 2.26. The van der Waals surface area contributed by atoms with E-state index in [9.17, 15) is 4.79 Å². The highest BCUT2D eigenvalue weighted by molar-refractivity contribution is 5.88. The van der Waals surface area contributed by atoms with E-state index in [0.717, 1.165) is 62.8 Å². The smallest absolute Gasteiger partial charge is 0.260 e. The highest BCUT2D eigenvalue weighted by atomic mass is 16.6. The largest absolute Gasteiger partial charge is 0.499 e. The second-order valence-electron chi connectivity index (χ2n) is 21.4. The fourth-order valence-electron chi connectivity index (χ4n) is 8.79. The van der Waals surface area contributed by atoms with Crippen LogP contribution in [0.2, 0.25) is 0 Å². The Morgan fingerprint density at radius 3 is 1.18 bits per heavy atom. The second kappa shape index (κ2) is 63.4. The molecule has 0 aliphatic heterocycles. The van der Waals surface area contributed by atoms with E-state index >= 15 is 0 Å². The number of fused-ring (bicyclic) bond motifs is 1. The Morgan fingerprint density at radius 1 is 0.521 bits per heavy atom. The number of hydrogen-bond acceptors (Lipinski definition) is 27. The molecule has 31 nitrogen and oxygen atoms in total. The van der Waals surface area contributed by atoms with Gasteiger partial charge in [0.05, 0.1) is 263 Å². The summed E-state index contributed by atoms with van der Waals surface area (Å²) >= 11 is 0. The Hall–Kier alpha value is -4.29. The van der Waals surface area contributed by atoms with E-state index in [0.29, 0.717) is 300 Å². The molecule has 1 amide bonds. The molecule has 0 spiro atoms. The Morgan fingerprint density at radius 2 is 0.851 bits per heavy atom. The van der Waals surface area contributed by atoms with E-state index < -0.39 is 0 Å². The van der Waals surface area contributed by atoms with Crippen molar-refractivity contribution in [1.29, 1.82) is 0 Å². The van der Waals surface area contributed by atoms with Crippen molar-refractivity contribution in [3.05, 3.63) is 28.6 Å². The van der Waals surface area contributed by atoms with E-state index in [-0.39, 0.29) is 12.0 Å². The average molecular weight is 1350 g/mol. The lowest BCUT2D eigenvalue weighted by molar-refractivity contribution is -0.116. The van der Waals surface area contributed by atoms with Gasteiger partial charge >= 0.3 is 0 Å². The minimum Gasteiger partial charge on any atom is -0.499 e. The van der Waals surface area contributed by atoms with Gasteiger partial charge in [-0.2, -0.15) is 0 Å². The zero-order valence-electron chi connectivity index (χ0n) is 56.7. The standard InChI is InChI=1S/C63H115N9O22/c1-4-5-6-58-68-60-61(63(94-55(2)3)70-69-62(60)64)72(58)54-57-9-7-56(8-10-57)53-66-59(73)11-13-74-15-17-76-19-21-78-23-25-80-27-29-82-31-33-84-35-37-86-39-41-88-43-45-90-47-49-92-51-52-93-50-48-91-46-44-89-42-40-87-38-36-85-34-32-83-30-28-81-26-24-79-22-20-77-18-16-75-14-12-67-71-65/h11,13,55-57H,4-10,12,14-54H2,1-3H3,(H2,64,69)(H,66,73). The molecule has 2 aromatic rings. The maximum Gasteiger partial charge on any atom is 0.260 e. The predicted octanol–water partition coefficient (Wildman–Crippen LogP) is 4.62. The first kappa shape index (κ1) is 83.9. The molecule has 544 valence electrons. The highest BCUT2D eigenvalue weighted by Crippen LogP contribution is 2.34. The fourth-order valence-corrected chi connectivity index (χ4v) is 8.79. The van der Waals surface area contributed by atoms with Crippen LogP contribution in [0.15, 0.2) is 17.5 Å². The van der Waals surface area contributed by atoms with E-state index in [1.54, 1.807) is 0 Å². The normalized spacial score (nSPS) is 14.3. The number of aryl methyl sites for hydroxylation is 1. The average Bonchev–Trinajstić information content (AvgIpc) is 1.61. The number of ether oxygens (including phenoxy) is 21. The van der Waals surface area contributed by atoms with Crippen molar-refractivity contribution in [2.45, 2.75) is 78.4 Å². The number of amides is 1. The summed E-state index contributed by atoms with van der Waals surface area (Å²) in [4.78, 5) is 20.0. The molecule has 31 heteroatoms. The van der Waals surface area contributed by atoms with Crippen LogP contribution in [0.5, 0.6) is 5.88 Å². The van der Waals surface area contributed by atoms with Gasteiger partial charge in [-0.1, -0.05) is 18.5 Å². The van der Waals surface area contributed by atoms with Crippen LogP contribution in [-0.2, 0) is 112 Å². The Bertz CT molecular complexity index is 2110. The fraction of sp³-hybridized carbons (Fsp3) is 0.873. The molecule has 1 fully saturated rings. The Kier molecular flexibility index (Phi) is 56.7. The SMILES string of the molecule is CCCCc1nc2c(N)nnc(OC(C)C)c2n1CC1CCC(CNC(=O)C=COCCOCCOCCOCCOCCOCCOCCOCCOCCOCCOCCOCCOCCOCCOCCOCCOCCOCCOCCOCCN=[N+]=[N-])CC1. The van der Waals surface area contributed by atoms with Gasteiger partial charge in [0.15, 0.2) is 5.82 Å². The van der Waals surface area contributed by atoms with Gasteiger partial charge in [-0.15, -0.1) is 10.2 Å². The summed E-state index contributed by atoms with van der Waals surface area (Å²) < 4.78 is 118. The number of nitrogens with one attached hydrogen (secondary N) is 1. The molecule has 0 bridgehead atoms. The van der Waals surface area contributed by atoms with Crippen LogP contribution in [0.4, 0.5) is 5.82 Å². The number of imidazole rings is 1. The quantitative estimate of drug-likeness (QED) is 0.0228. The number of aromatic nitrogens is 4. The van der Waals surface area contributed by atoms with Crippen LogP contribution >= 0.6 is 0 Å². The molecule has 1 saturated carbocycles. The molecule has 0 aromatic carbocycles. The second-order valence-corrected chi connectivity index (χ2v) is 21.4. The number of carbonyl (C=O) groups is 1. The number of nitrogens with two attached hydrogens (primary N) is 1. The van der Waals surface area contributed by atoms with Crippen molar-refractivity contribution in [3.8, 4) is 5.88 Å². The number of nitrogens with zero attached hydrogens (tertiary/aromatic N) is 7. The predicted molar refractivity (Wildman–Crippen MR) is 347 cm³/mol. The van der Waals surface area contributed by atoms with Crippen molar-refractivity contribution in [2.24, 2.45) is 17.0 Å². The summed E-state index contributed by atoms with van der Waals surface area (Å²) in [5, 5.41) is 14.8. The maximum absolute atomic E-state index is 12.5. The zero-order chi connectivity index (χ0) is 66.9. The summed E-state index contributed by atoms with van der Waals surface area (Å²) in [5.74, 6) is 2.53. The molecule has 3 N–H and O–H groups in total. The lowest BCUT2D eigenvalue weighted by Crippen LogP contribution is -2.31. The number of rotatable bonds is 71. The van der Waals surface area contributed by atoms with Crippen molar-refractivity contribution in [1.82, 2.24) is 25.1 Å². The Balaban J connectivity index is 0.913. The van der Waals surface area contributed by atoms with Gasteiger partial charge in [0, 0.05) is 37.0 Å². The minimum atomic E-state index is -0.172. The number of hydrogen-bond donors (Lipinski definition) is 2. The number of nitrogen functional groups attached to an aromatic ring is 1. The zero-order valence-corrected chi connectivity index (χ0v) is 56.7. The molecule has 0 radical (unpaired) electrons. The summed E-state index contributed by atoms with van der Waals surface area (Å²) in [6.45, 7) is 26.0. The number of anilines is 1. The number of unbranched alkanes of at least 4 members (excludes halogenated alkanes) is 1. The van der Waals surface area contributed by atoms with Gasteiger partial charge in [0.25, 0.3) is 5.88 Å². The van der Waals surface area contributed by atoms with Crippen molar-refractivity contribution >= 4 is 22.8 Å². The van der Waals surface area contributed by atoms with Crippen molar-refractivity contribution < 1.29 is 104 Å². The van der Waals surface area contributed by atoms with E-state index in [1.807, 2.05) is 13.8 Å². The molecule has 94 heavy (non-hydrogen) atoms. The molecular formula is C63H115N9O22. The molecule has 0 unspecified atom stereocenters. The van der Waals surface area contributed by atoms with Crippen LogP contribution < -0.4 is 15.8 Å². The molecule has 1 aliphatic carbocycles. The minimum absolute atomic E-state index is 0.0518.